The second-order valence-electron chi connectivity index (χ2n) is 10.7. The van der Waals surface area contributed by atoms with E-state index in [1.54, 1.807) is 19.2 Å². The molecule has 0 N–H and O–H groups in total. The van der Waals surface area contributed by atoms with Crippen LogP contribution < -0.4 is 0 Å². The predicted octanol–water partition coefficient (Wildman–Crippen LogP) is 11.5. The summed E-state index contributed by atoms with van der Waals surface area (Å²) in [5, 5.41) is 0. The summed E-state index contributed by atoms with van der Waals surface area (Å²) in [5.41, 5.74) is 0. The third kappa shape index (κ3) is 8.46. The fourth-order valence-corrected chi connectivity index (χ4v) is 8.37. The van der Waals surface area contributed by atoms with Crippen molar-refractivity contribution in [3.8, 4) is 0 Å². The molecule has 1 fully saturated rings. The Morgan fingerprint density at radius 2 is 1.31 bits per heavy atom. The van der Waals surface area contributed by atoms with Crippen LogP contribution in [0, 0.1) is 11.8 Å². The maximum atomic E-state index is 2.56. The number of rotatable bonds is 16. The average Bonchev–Trinajstić information content (AvgIpc) is 3.37. The molecule has 0 amide bonds. The van der Waals surface area contributed by atoms with Crippen LogP contribution in [0.5, 0.6) is 0 Å². The Bertz CT molecular complexity index is 700. The molecule has 2 heterocycles. The molecule has 32 heavy (non-hydrogen) atoms. The molecule has 0 aromatic carbocycles. The summed E-state index contributed by atoms with van der Waals surface area (Å²) >= 11 is 4.18. The molecule has 0 radical (unpaired) electrons. The van der Waals surface area contributed by atoms with Gasteiger partial charge in [0.25, 0.3) is 0 Å². The maximum absolute atomic E-state index is 2.56. The first-order valence-electron chi connectivity index (χ1n) is 14.2. The summed E-state index contributed by atoms with van der Waals surface area (Å²) in [5.74, 6) is 2.71. The summed E-state index contributed by atoms with van der Waals surface area (Å²) < 4.78 is 3.13. The third-order valence-electron chi connectivity index (χ3n) is 8.07. The van der Waals surface area contributed by atoms with Gasteiger partial charge in [-0.15, -0.1) is 22.7 Å². The summed E-state index contributed by atoms with van der Waals surface area (Å²) in [6.45, 7) is 7.13. The molecule has 2 aromatic rings. The molecule has 182 valence electrons. The zero-order chi connectivity index (χ0) is 22.6. The van der Waals surface area contributed by atoms with Crippen LogP contribution in [-0.2, 0) is 6.42 Å². The van der Waals surface area contributed by atoms with Gasteiger partial charge in [-0.1, -0.05) is 111 Å². The lowest BCUT2D eigenvalue weighted by Crippen LogP contribution is -2.18. The minimum atomic E-state index is 0.761. The van der Waals surface area contributed by atoms with Crippen LogP contribution in [0.3, 0.4) is 0 Å². The fourth-order valence-electron chi connectivity index (χ4n) is 5.75. The number of fused-ring (bicyclic) bond motifs is 1. The first-order valence-corrected chi connectivity index (χ1v) is 15.9. The second kappa shape index (κ2) is 14.8. The van der Waals surface area contributed by atoms with Gasteiger partial charge in [0, 0.05) is 19.2 Å². The number of hydrogen-bond acceptors (Lipinski definition) is 2. The Kier molecular flexibility index (Phi) is 12.2. The van der Waals surface area contributed by atoms with E-state index in [0.29, 0.717) is 0 Å². The highest BCUT2D eigenvalue weighted by atomic mass is 32.1. The lowest BCUT2D eigenvalue weighted by molar-refractivity contribution is 0.237. The Balaban J connectivity index is 1.35. The van der Waals surface area contributed by atoms with Crippen molar-refractivity contribution >= 4 is 32.1 Å². The summed E-state index contributed by atoms with van der Waals surface area (Å²) in [6, 6.07) is 5.07. The lowest BCUT2D eigenvalue weighted by Gasteiger charge is -2.32. The van der Waals surface area contributed by atoms with Crippen molar-refractivity contribution in [2.45, 2.75) is 142 Å². The molecule has 0 nitrogen and oxygen atoms in total. The molecule has 1 atom stereocenters. The van der Waals surface area contributed by atoms with Crippen LogP contribution in [-0.4, -0.2) is 0 Å². The number of aryl methyl sites for hydroxylation is 1. The number of unbranched alkanes of at least 4 members (excludes halogenated alkanes) is 10. The summed E-state index contributed by atoms with van der Waals surface area (Å²) in [7, 11) is 0. The Morgan fingerprint density at radius 1 is 0.719 bits per heavy atom. The van der Waals surface area contributed by atoms with Gasteiger partial charge in [0.15, 0.2) is 0 Å². The monoisotopic (exact) mass is 474 g/mol. The first-order chi connectivity index (χ1) is 15.7. The van der Waals surface area contributed by atoms with Gasteiger partial charge in [-0.3, -0.25) is 0 Å². The van der Waals surface area contributed by atoms with Gasteiger partial charge in [0.1, 0.15) is 0 Å². The standard InChI is InChI=1S/C30H50S2/c1-4-6-8-10-11-13-14-16-25-18-20-26(21-19-25)24(3)28-23-30-29(32-28)22-27(31-30)17-15-12-9-7-5-2/h22-26H,4-21H2,1-3H3. The van der Waals surface area contributed by atoms with Crippen LogP contribution >= 0.6 is 22.7 Å². The van der Waals surface area contributed by atoms with E-state index >= 15 is 0 Å². The van der Waals surface area contributed by atoms with Crippen molar-refractivity contribution in [1.82, 2.24) is 0 Å². The maximum Gasteiger partial charge on any atom is 0.0456 e. The summed E-state index contributed by atoms with van der Waals surface area (Å²) in [6.07, 6.45) is 25.8. The largest absolute Gasteiger partial charge is 0.139 e. The van der Waals surface area contributed by atoms with Crippen molar-refractivity contribution < 1.29 is 0 Å². The molecule has 1 aliphatic carbocycles. The highest BCUT2D eigenvalue weighted by Crippen LogP contribution is 2.44. The Morgan fingerprint density at radius 3 is 1.97 bits per heavy atom. The molecule has 1 aliphatic rings. The van der Waals surface area contributed by atoms with Gasteiger partial charge >= 0.3 is 0 Å². The zero-order valence-electron chi connectivity index (χ0n) is 21.4. The highest BCUT2D eigenvalue weighted by molar-refractivity contribution is 7.27. The predicted molar refractivity (Wildman–Crippen MR) is 149 cm³/mol. The van der Waals surface area contributed by atoms with Crippen LogP contribution in [0.4, 0.5) is 0 Å². The van der Waals surface area contributed by atoms with Crippen molar-refractivity contribution in [3.05, 3.63) is 21.9 Å². The van der Waals surface area contributed by atoms with E-state index < -0.39 is 0 Å². The van der Waals surface area contributed by atoms with E-state index in [1.807, 2.05) is 0 Å². The van der Waals surface area contributed by atoms with Crippen LogP contribution in [0.25, 0.3) is 9.40 Å². The molecule has 0 bridgehead atoms. The molecule has 3 rings (SSSR count). The van der Waals surface area contributed by atoms with E-state index in [9.17, 15) is 0 Å². The van der Waals surface area contributed by atoms with E-state index in [-0.39, 0.29) is 0 Å². The van der Waals surface area contributed by atoms with Gasteiger partial charge in [0.05, 0.1) is 0 Å². The zero-order valence-corrected chi connectivity index (χ0v) is 23.1. The molecule has 2 aromatic heterocycles. The van der Waals surface area contributed by atoms with E-state index in [4.69, 9.17) is 0 Å². The quantitative estimate of drug-likeness (QED) is 0.212. The van der Waals surface area contributed by atoms with E-state index in [1.165, 1.54) is 116 Å². The van der Waals surface area contributed by atoms with E-state index in [0.717, 1.165) is 17.8 Å². The molecule has 1 saturated carbocycles. The average molecular weight is 475 g/mol. The van der Waals surface area contributed by atoms with Crippen LogP contribution in [0.2, 0.25) is 0 Å². The minimum absolute atomic E-state index is 0.761. The Labute approximate surface area is 207 Å². The lowest BCUT2D eigenvalue weighted by atomic mass is 9.74. The topological polar surface area (TPSA) is 0 Å². The molecule has 1 unspecified atom stereocenters. The normalized spacial score (nSPS) is 20.2. The SMILES string of the molecule is CCCCCCCCCC1CCC(C(C)c2cc3sc(CCCCCCC)cc3s2)CC1. The number of thiophene rings is 2. The van der Waals surface area contributed by atoms with Crippen molar-refractivity contribution in [2.75, 3.05) is 0 Å². The minimum Gasteiger partial charge on any atom is -0.139 e. The Hall–Kier alpha value is -0.340. The van der Waals surface area contributed by atoms with Gasteiger partial charge in [-0.2, -0.15) is 0 Å². The van der Waals surface area contributed by atoms with Crippen LogP contribution in [0.1, 0.15) is 146 Å². The highest BCUT2D eigenvalue weighted by Gasteiger charge is 2.27. The summed E-state index contributed by atoms with van der Waals surface area (Å²) in [4.78, 5) is 3.28. The second-order valence-corrected chi connectivity index (χ2v) is 13.0. The van der Waals surface area contributed by atoms with Gasteiger partial charge in [-0.25, -0.2) is 0 Å². The fraction of sp³-hybridized carbons (Fsp3) is 0.800. The van der Waals surface area contributed by atoms with Crippen molar-refractivity contribution in [3.63, 3.8) is 0 Å². The van der Waals surface area contributed by atoms with Crippen molar-refractivity contribution in [2.24, 2.45) is 11.8 Å². The molecule has 2 heteroatoms. The van der Waals surface area contributed by atoms with Gasteiger partial charge in [0.2, 0.25) is 0 Å². The number of hydrogen-bond donors (Lipinski definition) is 0. The molecule has 0 aliphatic heterocycles. The third-order valence-corrected chi connectivity index (χ3v) is 10.6. The first kappa shape index (κ1) is 26.3. The van der Waals surface area contributed by atoms with Gasteiger partial charge < -0.3 is 0 Å². The van der Waals surface area contributed by atoms with E-state index in [2.05, 4.69) is 55.6 Å². The van der Waals surface area contributed by atoms with Crippen LogP contribution in [0.15, 0.2) is 12.1 Å². The molecule has 0 saturated heterocycles. The molecular formula is C30H50S2. The molecule has 0 spiro atoms. The molecular weight excluding hydrogens is 424 g/mol. The van der Waals surface area contributed by atoms with Gasteiger partial charge in [-0.05, 0) is 55.6 Å². The smallest absolute Gasteiger partial charge is 0.0456 e. The van der Waals surface area contributed by atoms with Crippen molar-refractivity contribution in [1.29, 1.82) is 0 Å².